The average molecular weight is 433 g/mol. The summed E-state index contributed by atoms with van der Waals surface area (Å²) in [5.41, 5.74) is 0.505. The number of nitrogens with zero attached hydrogens (tertiary/aromatic N) is 1. The number of nitrogens with one attached hydrogen (secondary N) is 1. The van der Waals surface area contributed by atoms with Gasteiger partial charge in [-0.1, -0.05) is 24.4 Å². The Morgan fingerprint density at radius 2 is 1.90 bits per heavy atom. The first-order valence-electron chi connectivity index (χ1n) is 10.3. The molecule has 1 N–H and O–H groups in total. The summed E-state index contributed by atoms with van der Waals surface area (Å²) in [6, 6.07) is 4.72. The lowest BCUT2D eigenvalue weighted by Gasteiger charge is -2.36. The Hall–Kier alpha value is -1.47. The van der Waals surface area contributed by atoms with Crippen LogP contribution in [0.5, 0.6) is 5.75 Å². The van der Waals surface area contributed by atoms with Crippen LogP contribution in [0.4, 0.5) is 13.2 Å². The third kappa shape index (κ3) is 6.51. The van der Waals surface area contributed by atoms with Crippen LogP contribution in [0, 0.1) is 0 Å². The van der Waals surface area contributed by atoms with Gasteiger partial charge in [-0.3, -0.25) is 4.79 Å². The molecular formula is C21H28ClF3N2O2. The molecule has 0 unspecified atom stereocenters. The molecule has 0 aromatic heterocycles. The second-order valence-corrected chi connectivity index (χ2v) is 8.53. The molecule has 29 heavy (non-hydrogen) atoms. The van der Waals surface area contributed by atoms with Crippen molar-refractivity contribution >= 4 is 17.5 Å². The molecule has 1 amide bonds. The highest BCUT2D eigenvalue weighted by molar-refractivity contribution is 6.32. The number of amides is 1. The number of carbonyl (C=O) groups is 1. The molecule has 1 heterocycles. The molecule has 0 bridgehead atoms. The SMILES string of the molecule is C[C@@H](CC(F)(F)F)N1CCC(Oc2ccc(C(=O)NC3CCCC3)cc2Cl)CC1. The number of rotatable bonds is 6. The summed E-state index contributed by atoms with van der Waals surface area (Å²) in [5, 5.41) is 3.40. The number of hydrogen-bond acceptors (Lipinski definition) is 3. The fraction of sp³-hybridized carbons (Fsp3) is 0.667. The molecule has 1 saturated carbocycles. The average Bonchev–Trinajstić information content (AvgIpc) is 3.15. The van der Waals surface area contributed by atoms with Gasteiger partial charge < -0.3 is 15.0 Å². The first kappa shape index (κ1) is 22.2. The zero-order valence-corrected chi connectivity index (χ0v) is 17.4. The minimum absolute atomic E-state index is 0.0972. The van der Waals surface area contributed by atoms with E-state index in [1.807, 2.05) is 4.90 Å². The highest BCUT2D eigenvalue weighted by Crippen LogP contribution is 2.30. The Bertz CT molecular complexity index is 700. The maximum atomic E-state index is 12.6. The topological polar surface area (TPSA) is 41.6 Å². The number of likely N-dealkylation sites (tertiary alicyclic amines) is 1. The zero-order valence-electron chi connectivity index (χ0n) is 16.6. The van der Waals surface area contributed by atoms with Crippen LogP contribution in [-0.2, 0) is 0 Å². The van der Waals surface area contributed by atoms with E-state index in [-0.39, 0.29) is 18.1 Å². The Morgan fingerprint density at radius 3 is 2.48 bits per heavy atom. The smallest absolute Gasteiger partial charge is 0.390 e. The lowest BCUT2D eigenvalue weighted by molar-refractivity contribution is -0.147. The Balaban J connectivity index is 1.50. The van der Waals surface area contributed by atoms with E-state index in [0.29, 0.717) is 42.3 Å². The molecule has 1 aliphatic heterocycles. The summed E-state index contributed by atoms with van der Waals surface area (Å²) in [6.45, 7) is 2.73. The third-order valence-electron chi connectivity index (χ3n) is 5.80. The summed E-state index contributed by atoms with van der Waals surface area (Å²) in [6.07, 6.45) is 0.562. The van der Waals surface area contributed by atoms with Gasteiger partial charge in [0.25, 0.3) is 5.91 Å². The quantitative estimate of drug-likeness (QED) is 0.672. The highest BCUT2D eigenvalue weighted by Gasteiger charge is 2.34. The first-order valence-corrected chi connectivity index (χ1v) is 10.7. The number of ether oxygens (including phenoxy) is 1. The Kier molecular flexibility index (Phi) is 7.32. The molecule has 162 valence electrons. The monoisotopic (exact) mass is 432 g/mol. The lowest BCUT2D eigenvalue weighted by atomic mass is 10.0. The minimum Gasteiger partial charge on any atom is -0.489 e. The highest BCUT2D eigenvalue weighted by atomic mass is 35.5. The molecular weight excluding hydrogens is 405 g/mol. The molecule has 0 spiro atoms. The van der Waals surface area contributed by atoms with Gasteiger partial charge >= 0.3 is 6.18 Å². The maximum Gasteiger partial charge on any atom is 0.390 e. The van der Waals surface area contributed by atoms with Gasteiger partial charge in [-0.2, -0.15) is 13.2 Å². The second-order valence-electron chi connectivity index (χ2n) is 8.12. The van der Waals surface area contributed by atoms with Crippen molar-refractivity contribution in [1.82, 2.24) is 10.2 Å². The second kappa shape index (κ2) is 9.56. The number of halogens is 4. The van der Waals surface area contributed by atoms with Gasteiger partial charge in [-0.05, 0) is 50.8 Å². The number of carbonyl (C=O) groups excluding carboxylic acids is 1. The van der Waals surface area contributed by atoms with Crippen molar-refractivity contribution < 1.29 is 22.7 Å². The summed E-state index contributed by atoms with van der Waals surface area (Å²) in [7, 11) is 0. The number of alkyl halides is 3. The fourth-order valence-electron chi connectivity index (χ4n) is 4.15. The maximum absolute atomic E-state index is 12.6. The molecule has 8 heteroatoms. The van der Waals surface area contributed by atoms with Crippen molar-refractivity contribution in [3.05, 3.63) is 28.8 Å². The van der Waals surface area contributed by atoms with Gasteiger partial charge in [0, 0.05) is 30.7 Å². The van der Waals surface area contributed by atoms with Crippen LogP contribution in [0.2, 0.25) is 5.02 Å². The van der Waals surface area contributed by atoms with Crippen molar-refractivity contribution in [3.8, 4) is 5.75 Å². The first-order chi connectivity index (χ1) is 13.7. The summed E-state index contributed by atoms with van der Waals surface area (Å²) in [5.74, 6) is 0.378. The molecule has 1 atom stereocenters. The van der Waals surface area contributed by atoms with Gasteiger partial charge in [0.1, 0.15) is 11.9 Å². The van der Waals surface area contributed by atoms with Crippen molar-refractivity contribution in [1.29, 1.82) is 0 Å². The fourth-order valence-corrected chi connectivity index (χ4v) is 4.38. The van der Waals surface area contributed by atoms with E-state index in [2.05, 4.69) is 5.32 Å². The third-order valence-corrected chi connectivity index (χ3v) is 6.10. The van der Waals surface area contributed by atoms with Crippen LogP contribution < -0.4 is 10.1 Å². The van der Waals surface area contributed by atoms with Crippen LogP contribution in [0.1, 0.15) is 62.2 Å². The van der Waals surface area contributed by atoms with E-state index >= 15 is 0 Å². The number of benzene rings is 1. The zero-order chi connectivity index (χ0) is 21.0. The minimum atomic E-state index is -4.15. The summed E-state index contributed by atoms with van der Waals surface area (Å²) >= 11 is 6.32. The van der Waals surface area contributed by atoms with E-state index in [4.69, 9.17) is 16.3 Å². The van der Waals surface area contributed by atoms with Crippen LogP contribution in [0.15, 0.2) is 18.2 Å². The van der Waals surface area contributed by atoms with Crippen LogP contribution in [-0.4, -0.2) is 48.3 Å². The Labute approximate surface area is 174 Å². The van der Waals surface area contributed by atoms with Crippen molar-refractivity contribution in [2.24, 2.45) is 0 Å². The lowest BCUT2D eigenvalue weighted by Crippen LogP contribution is -2.44. The van der Waals surface area contributed by atoms with E-state index in [9.17, 15) is 18.0 Å². The van der Waals surface area contributed by atoms with Crippen molar-refractivity contribution in [2.45, 2.75) is 76.2 Å². The van der Waals surface area contributed by atoms with Crippen LogP contribution >= 0.6 is 11.6 Å². The molecule has 4 nitrogen and oxygen atoms in total. The Morgan fingerprint density at radius 1 is 1.24 bits per heavy atom. The van der Waals surface area contributed by atoms with Crippen LogP contribution in [0.3, 0.4) is 0 Å². The number of hydrogen-bond donors (Lipinski definition) is 1. The summed E-state index contributed by atoms with van der Waals surface area (Å²) < 4.78 is 43.7. The molecule has 1 saturated heterocycles. The molecule has 1 aromatic carbocycles. The predicted molar refractivity (Wildman–Crippen MR) is 107 cm³/mol. The van der Waals surface area contributed by atoms with Gasteiger partial charge in [0.05, 0.1) is 11.4 Å². The van der Waals surface area contributed by atoms with Crippen molar-refractivity contribution in [3.63, 3.8) is 0 Å². The molecule has 3 rings (SSSR count). The van der Waals surface area contributed by atoms with E-state index in [1.54, 1.807) is 25.1 Å². The van der Waals surface area contributed by atoms with Crippen molar-refractivity contribution in [2.75, 3.05) is 13.1 Å². The van der Waals surface area contributed by atoms with E-state index < -0.39 is 18.6 Å². The predicted octanol–water partition coefficient (Wildman–Crippen LogP) is 5.20. The summed E-state index contributed by atoms with van der Waals surface area (Å²) in [4.78, 5) is 14.2. The molecule has 2 fully saturated rings. The standard InChI is InChI=1S/C21H28ClF3N2O2/c1-14(13-21(23,24)25)27-10-8-17(9-11-27)29-19-7-6-15(12-18(19)22)20(28)26-16-4-2-3-5-16/h6-7,12,14,16-17H,2-5,8-11,13H2,1H3,(H,26,28)/t14-/m0/s1. The van der Waals surface area contributed by atoms with Gasteiger partial charge in [0.15, 0.2) is 0 Å². The molecule has 2 aliphatic rings. The van der Waals surface area contributed by atoms with Gasteiger partial charge in [-0.25, -0.2) is 0 Å². The number of piperidine rings is 1. The molecule has 0 radical (unpaired) electrons. The van der Waals surface area contributed by atoms with E-state index in [0.717, 1.165) is 25.7 Å². The normalized spacial score (nSPS) is 20.6. The van der Waals surface area contributed by atoms with Gasteiger partial charge in [-0.15, -0.1) is 0 Å². The molecule has 1 aliphatic carbocycles. The van der Waals surface area contributed by atoms with E-state index in [1.165, 1.54) is 0 Å². The van der Waals surface area contributed by atoms with Crippen LogP contribution in [0.25, 0.3) is 0 Å². The molecule has 1 aromatic rings. The van der Waals surface area contributed by atoms with Gasteiger partial charge in [0.2, 0.25) is 0 Å². The largest absolute Gasteiger partial charge is 0.489 e.